The summed E-state index contributed by atoms with van der Waals surface area (Å²) < 4.78 is 0.902. The molecule has 0 saturated carbocycles. The predicted molar refractivity (Wildman–Crippen MR) is 109 cm³/mol. The van der Waals surface area contributed by atoms with Crippen molar-refractivity contribution in [3.05, 3.63) is 61.6 Å². The van der Waals surface area contributed by atoms with Gasteiger partial charge in [-0.3, -0.25) is 25.2 Å². The zero-order valence-corrected chi connectivity index (χ0v) is 17.0. The van der Waals surface area contributed by atoms with Crippen LogP contribution < -0.4 is 16.2 Å². The highest BCUT2D eigenvalue weighted by molar-refractivity contribution is 14.1. The minimum absolute atomic E-state index is 0.0656. The van der Waals surface area contributed by atoms with Crippen LogP contribution in [0.15, 0.2) is 42.5 Å². The monoisotopic (exact) mass is 505 g/mol. The average Bonchev–Trinajstić information content (AvgIpc) is 2.60. The molecule has 0 unspecified atom stereocenters. The van der Waals surface area contributed by atoms with Crippen molar-refractivity contribution in [2.45, 2.75) is 12.8 Å². The van der Waals surface area contributed by atoms with Crippen LogP contribution in [-0.4, -0.2) is 17.7 Å². The Bertz CT molecular complexity index is 846. The molecule has 0 aliphatic carbocycles. The van der Waals surface area contributed by atoms with Gasteiger partial charge in [-0.15, -0.1) is 0 Å². The number of carbonyl (C=O) groups excluding carboxylic acids is 3. The van der Waals surface area contributed by atoms with Crippen molar-refractivity contribution < 1.29 is 14.4 Å². The lowest BCUT2D eigenvalue weighted by Crippen LogP contribution is -2.41. The van der Waals surface area contributed by atoms with Gasteiger partial charge in [-0.25, -0.2) is 0 Å². The minimum atomic E-state index is -0.485. The summed E-state index contributed by atoms with van der Waals surface area (Å²) in [4.78, 5) is 35.6. The molecular weight excluding hydrogens is 492 g/mol. The van der Waals surface area contributed by atoms with Crippen LogP contribution in [0, 0.1) is 3.57 Å². The molecule has 3 amide bonds. The third-order valence-electron chi connectivity index (χ3n) is 3.19. The zero-order valence-electron chi connectivity index (χ0n) is 13.3. The number of rotatable bonds is 5. The van der Waals surface area contributed by atoms with Gasteiger partial charge in [-0.05, 0) is 59.0 Å². The van der Waals surface area contributed by atoms with E-state index >= 15 is 0 Å². The Morgan fingerprint density at radius 1 is 0.923 bits per heavy atom. The highest BCUT2D eigenvalue weighted by Crippen LogP contribution is 2.25. The van der Waals surface area contributed by atoms with Gasteiger partial charge in [0.1, 0.15) is 0 Å². The van der Waals surface area contributed by atoms with E-state index in [0.29, 0.717) is 21.3 Å². The first-order valence-corrected chi connectivity index (χ1v) is 9.28. The van der Waals surface area contributed by atoms with Crippen LogP contribution in [0.1, 0.15) is 23.2 Å². The molecule has 0 fully saturated rings. The molecule has 0 heterocycles. The van der Waals surface area contributed by atoms with Crippen molar-refractivity contribution in [2.24, 2.45) is 0 Å². The predicted octanol–water partition coefficient (Wildman–Crippen LogP) is 3.78. The molecule has 0 radical (unpaired) electrons. The Labute approximate surface area is 173 Å². The van der Waals surface area contributed by atoms with E-state index in [4.69, 9.17) is 23.2 Å². The molecule has 2 rings (SSSR count). The molecule has 2 aromatic rings. The normalized spacial score (nSPS) is 10.1. The highest BCUT2D eigenvalue weighted by atomic mass is 127. The maximum atomic E-state index is 11.9. The van der Waals surface area contributed by atoms with Gasteiger partial charge in [0.05, 0.1) is 10.7 Å². The topological polar surface area (TPSA) is 87.3 Å². The summed E-state index contributed by atoms with van der Waals surface area (Å²) in [6.07, 6.45) is -0.159. The SMILES string of the molecule is O=C(CCC(=O)Nc1ccc(Cl)cc1Cl)NNC(=O)c1cccc(I)c1. The third kappa shape index (κ3) is 6.47. The van der Waals surface area contributed by atoms with Crippen LogP contribution in [0.5, 0.6) is 0 Å². The van der Waals surface area contributed by atoms with E-state index in [1.807, 2.05) is 6.07 Å². The van der Waals surface area contributed by atoms with Gasteiger partial charge >= 0.3 is 0 Å². The van der Waals surface area contributed by atoms with Crippen LogP contribution in [0.4, 0.5) is 5.69 Å². The number of hydrogen-bond acceptors (Lipinski definition) is 3. The number of hydrazine groups is 1. The lowest BCUT2D eigenvalue weighted by molar-refractivity contribution is -0.124. The summed E-state index contributed by atoms with van der Waals surface area (Å²) in [5.74, 6) is -1.30. The maximum Gasteiger partial charge on any atom is 0.269 e. The quantitative estimate of drug-likeness (QED) is 0.427. The van der Waals surface area contributed by atoms with Crippen LogP contribution in [-0.2, 0) is 9.59 Å². The second-order valence-electron chi connectivity index (χ2n) is 5.18. The Morgan fingerprint density at radius 2 is 1.65 bits per heavy atom. The Kier molecular flexibility index (Phi) is 7.67. The molecule has 6 nitrogen and oxygen atoms in total. The van der Waals surface area contributed by atoms with Crippen molar-refractivity contribution in [3.8, 4) is 0 Å². The Morgan fingerprint density at radius 3 is 2.35 bits per heavy atom. The molecule has 9 heteroatoms. The largest absolute Gasteiger partial charge is 0.325 e. The lowest BCUT2D eigenvalue weighted by Gasteiger charge is -2.09. The summed E-state index contributed by atoms with van der Waals surface area (Å²) >= 11 is 13.8. The van der Waals surface area contributed by atoms with Gasteiger partial charge in [0.25, 0.3) is 5.91 Å². The van der Waals surface area contributed by atoms with E-state index in [2.05, 4.69) is 38.8 Å². The van der Waals surface area contributed by atoms with Gasteiger partial charge in [-0.1, -0.05) is 29.3 Å². The fourth-order valence-electron chi connectivity index (χ4n) is 1.92. The van der Waals surface area contributed by atoms with E-state index in [-0.39, 0.29) is 18.7 Å². The maximum absolute atomic E-state index is 11.9. The molecule has 136 valence electrons. The van der Waals surface area contributed by atoms with Crippen molar-refractivity contribution in [2.75, 3.05) is 5.32 Å². The van der Waals surface area contributed by atoms with Gasteiger partial charge in [0, 0.05) is 27.0 Å². The molecule has 2 aromatic carbocycles. The number of anilines is 1. The molecule has 0 aromatic heterocycles. The van der Waals surface area contributed by atoms with Crippen LogP contribution in [0.3, 0.4) is 0 Å². The summed E-state index contributed by atoms with van der Waals surface area (Å²) in [5, 5.41) is 3.35. The van der Waals surface area contributed by atoms with E-state index < -0.39 is 11.8 Å². The smallest absolute Gasteiger partial charge is 0.269 e. The number of hydrogen-bond donors (Lipinski definition) is 3. The molecule has 0 bridgehead atoms. The number of carbonyl (C=O) groups is 3. The molecule has 0 spiro atoms. The molecule has 0 saturated heterocycles. The van der Waals surface area contributed by atoms with Gasteiger partial charge < -0.3 is 5.32 Å². The number of nitrogens with one attached hydrogen (secondary N) is 3. The van der Waals surface area contributed by atoms with Gasteiger partial charge in [-0.2, -0.15) is 0 Å². The summed E-state index contributed by atoms with van der Waals surface area (Å²) in [6, 6.07) is 11.6. The van der Waals surface area contributed by atoms with Gasteiger partial charge in [0.15, 0.2) is 0 Å². The molecule has 3 N–H and O–H groups in total. The van der Waals surface area contributed by atoms with Crippen molar-refractivity contribution in [1.82, 2.24) is 10.9 Å². The second kappa shape index (κ2) is 9.75. The number of amides is 3. The number of halogens is 3. The van der Waals surface area contributed by atoms with Crippen molar-refractivity contribution in [1.29, 1.82) is 0 Å². The van der Waals surface area contributed by atoms with Crippen molar-refractivity contribution in [3.63, 3.8) is 0 Å². The zero-order chi connectivity index (χ0) is 19.1. The van der Waals surface area contributed by atoms with Crippen LogP contribution >= 0.6 is 45.8 Å². The third-order valence-corrected chi connectivity index (χ3v) is 4.41. The summed E-state index contributed by atoms with van der Waals surface area (Å²) in [6.45, 7) is 0. The Balaban J connectivity index is 1.76. The minimum Gasteiger partial charge on any atom is -0.325 e. The van der Waals surface area contributed by atoms with Crippen LogP contribution in [0.2, 0.25) is 10.0 Å². The van der Waals surface area contributed by atoms with Crippen molar-refractivity contribution >= 4 is 69.2 Å². The standard InChI is InChI=1S/C17H14Cl2IN3O3/c18-11-4-5-14(13(19)9-11)21-15(24)6-7-16(25)22-23-17(26)10-2-1-3-12(20)8-10/h1-5,8-9H,6-7H2,(H,21,24)(H,22,25)(H,23,26). The van der Waals surface area contributed by atoms with E-state index in [1.165, 1.54) is 6.07 Å². The molecule has 0 aliphatic rings. The number of benzene rings is 2. The highest BCUT2D eigenvalue weighted by Gasteiger charge is 2.11. The molecule has 0 aliphatic heterocycles. The first-order valence-electron chi connectivity index (χ1n) is 7.45. The molecular formula is C17H14Cl2IN3O3. The van der Waals surface area contributed by atoms with Gasteiger partial charge in [0.2, 0.25) is 11.8 Å². The van der Waals surface area contributed by atoms with E-state index in [9.17, 15) is 14.4 Å². The second-order valence-corrected chi connectivity index (χ2v) is 7.27. The summed E-state index contributed by atoms with van der Waals surface area (Å²) in [7, 11) is 0. The first-order chi connectivity index (χ1) is 12.3. The lowest BCUT2D eigenvalue weighted by atomic mass is 10.2. The molecule has 26 heavy (non-hydrogen) atoms. The average molecular weight is 506 g/mol. The molecule has 0 atom stereocenters. The van der Waals surface area contributed by atoms with E-state index in [1.54, 1.807) is 30.3 Å². The summed E-state index contributed by atoms with van der Waals surface area (Å²) in [5.41, 5.74) is 5.41. The Hall–Kier alpha value is -1.84. The fraction of sp³-hybridized carbons (Fsp3) is 0.118. The van der Waals surface area contributed by atoms with Crippen LogP contribution in [0.25, 0.3) is 0 Å². The first kappa shape index (κ1) is 20.5. The fourth-order valence-corrected chi connectivity index (χ4v) is 2.92. The van der Waals surface area contributed by atoms with E-state index in [0.717, 1.165) is 3.57 Å².